The van der Waals surface area contributed by atoms with Crippen molar-refractivity contribution < 1.29 is 9.84 Å². The van der Waals surface area contributed by atoms with Gasteiger partial charge in [-0.1, -0.05) is 24.3 Å². The molecular weight excluding hydrogens is 212 g/mol. The maximum atomic E-state index is 10.5. The predicted molar refractivity (Wildman–Crippen MR) is 68.9 cm³/mol. The Labute approximate surface area is 104 Å². The van der Waals surface area contributed by atoms with Gasteiger partial charge in [-0.25, -0.2) is 0 Å². The molecule has 0 heterocycles. The highest BCUT2D eigenvalue weighted by molar-refractivity contribution is 5.30. The first kappa shape index (κ1) is 12.6. The van der Waals surface area contributed by atoms with Crippen molar-refractivity contribution in [3.8, 4) is 0 Å². The lowest BCUT2D eigenvalue weighted by molar-refractivity contribution is 0.0426. The number of benzene rings is 1. The van der Waals surface area contributed by atoms with Gasteiger partial charge < -0.3 is 9.84 Å². The summed E-state index contributed by atoms with van der Waals surface area (Å²) >= 11 is 0. The summed E-state index contributed by atoms with van der Waals surface area (Å²) in [6.07, 6.45) is 4.17. The Morgan fingerprint density at radius 3 is 2.94 bits per heavy atom. The van der Waals surface area contributed by atoms with E-state index in [-0.39, 0.29) is 12.2 Å². The number of aliphatic hydroxyl groups excluding tert-OH is 1. The largest absolute Gasteiger partial charge is 0.388 e. The first-order valence-electron chi connectivity index (χ1n) is 6.51. The Balaban J connectivity index is 2.17. The highest BCUT2D eigenvalue weighted by Crippen LogP contribution is 2.35. The zero-order chi connectivity index (χ0) is 12.3. The molecule has 2 heteroatoms. The Kier molecular flexibility index (Phi) is 4.19. The smallest absolute Gasteiger partial charge is 0.0821 e. The van der Waals surface area contributed by atoms with Crippen LogP contribution in [-0.2, 0) is 11.2 Å². The van der Waals surface area contributed by atoms with Crippen LogP contribution in [0.25, 0.3) is 0 Å². The zero-order valence-corrected chi connectivity index (χ0v) is 10.7. The highest BCUT2D eigenvalue weighted by atomic mass is 16.5. The average molecular weight is 234 g/mol. The summed E-state index contributed by atoms with van der Waals surface area (Å²) in [4.78, 5) is 0. The third kappa shape index (κ3) is 2.88. The molecule has 1 aromatic rings. The van der Waals surface area contributed by atoms with Crippen LogP contribution >= 0.6 is 0 Å². The summed E-state index contributed by atoms with van der Waals surface area (Å²) in [5.74, 6) is 0.327. The fourth-order valence-corrected chi connectivity index (χ4v) is 2.79. The third-order valence-corrected chi connectivity index (χ3v) is 3.88. The number of rotatable bonds is 3. The molecule has 1 aliphatic carbocycles. The van der Waals surface area contributed by atoms with Gasteiger partial charge in [0.1, 0.15) is 0 Å². The Morgan fingerprint density at radius 2 is 2.18 bits per heavy atom. The van der Waals surface area contributed by atoms with Crippen LogP contribution in [0.5, 0.6) is 0 Å². The van der Waals surface area contributed by atoms with Crippen molar-refractivity contribution in [3.63, 3.8) is 0 Å². The van der Waals surface area contributed by atoms with Crippen molar-refractivity contribution in [1.29, 1.82) is 0 Å². The van der Waals surface area contributed by atoms with Gasteiger partial charge in [0.2, 0.25) is 0 Å². The lowest BCUT2D eigenvalue weighted by Gasteiger charge is -2.24. The molecule has 0 saturated heterocycles. The molecule has 0 fully saturated rings. The van der Waals surface area contributed by atoms with Gasteiger partial charge in [0.25, 0.3) is 0 Å². The van der Waals surface area contributed by atoms with E-state index in [2.05, 4.69) is 25.1 Å². The van der Waals surface area contributed by atoms with E-state index in [4.69, 9.17) is 4.74 Å². The number of hydrogen-bond donors (Lipinski definition) is 1. The van der Waals surface area contributed by atoms with Crippen LogP contribution < -0.4 is 0 Å². The molecule has 0 aromatic heterocycles. The van der Waals surface area contributed by atoms with Crippen LogP contribution in [0, 0.1) is 5.92 Å². The molecule has 3 atom stereocenters. The molecule has 1 aliphatic rings. The van der Waals surface area contributed by atoms with Crippen LogP contribution in [0.15, 0.2) is 24.3 Å². The SMILES string of the molecule is COC(C)CC1CCCc2ccccc2C1O. The number of methoxy groups -OCH3 is 1. The zero-order valence-electron chi connectivity index (χ0n) is 10.7. The summed E-state index contributed by atoms with van der Waals surface area (Å²) in [5.41, 5.74) is 2.44. The summed E-state index contributed by atoms with van der Waals surface area (Å²) in [6.45, 7) is 2.07. The lowest BCUT2D eigenvalue weighted by Crippen LogP contribution is -2.18. The lowest BCUT2D eigenvalue weighted by atomic mass is 9.89. The molecule has 1 aromatic carbocycles. The van der Waals surface area contributed by atoms with E-state index in [1.165, 1.54) is 5.56 Å². The summed E-state index contributed by atoms with van der Waals surface area (Å²) in [6, 6.07) is 8.28. The van der Waals surface area contributed by atoms with Gasteiger partial charge in [-0.15, -0.1) is 0 Å². The van der Waals surface area contributed by atoms with Crippen LogP contribution in [0.2, 0.25) is 0 Å². The van der Waals surface area contributed by atoms with E-state index in [1.54, 1.807) is 7.11 Å². The van der Waals surface area contributed by atoms with Gasteiger partial charge in [0, 0.05) is 7.11 Å². The van der Waals surface area contributed by atoms with E-state index in [1.807, 2.05) is 6.07 Å². The Morgan fingerprint density at radius 1 is 1.41 bits per heavy atom. The summed E-state index contributed by atoms with van der Waals surface area (Å²) < 4.78 is 5.32. The van der Waals surface area contributed by atoms with E-state index in [0.717, 1.165) is 31.2 Å². The van der Waals surface area contributed by atoms with Gasteiger partial charge in [0.15, 0.2) is 0 Å². The molecule has 3 unspecified atom stereocenters. The second-order valence-corrected chi connectivity index (χ2v) is 5.08. The second-order valence-electron chi connectivity index (χ2n) is 5.08. The minimum absolute atomic E-state index is 0.222. The van der Waals surface area contributed by atoms with Crippen molar-refractivity contribution >= 4 is 0 Å². The molecular formula is C15H22O2. The molecule has 2 nitrogen and oxygen atoms in total. The number of hydrogen-bond acceptors (Lipinski definition) is 2. The maximum Gasteiger partial charge on any atom is 0.0821 e. The third-order valence-electron chi connectivity index (χ3n) is 3.88. The minimum Gasteiger partial charge on any atom is -0.388 e. The minimum atomic E-state index is -0.328. The second kappa shape index (κ2) is 5.65. The fraction of sp³-hybridized carbons (Fsp3) is 0.600. The molecule has 0 aliphatic heterocycles. The highest BCUT2D eigenvalue weighted by Gasteiger charge is 2.26. The Bertz CT molecular complexity index is 362. The first-order valence-corrected chi connectivity index (χ1v) is 6.51. The van der Waals surface area contributed by atoms with Gasteiger partial charge in [-0.3, -0.25) is 0 Å². The van der Waals surface area contributed by atoms with E-state index in [9.17, 15) is 5.11 Å². The number of aryl methyl sites for hydroxylation is 1. The van der Waals surface area contributed by atoms with Crippen LogP contribution in [-0.4, -0.2) is 18.3 Å². The molecule has 0 radical (unpaired) electrons. The molecule has 0 saturated carbocycles. The van der Waals surface area contributed by atoms with Gasteiger partial charge >= 0.3 is 0 Å². The molecule has 17 heavy (non-hydrogen) atoms. The molecule has 0 bridgehead atoms. The molecule has 94 valence electrons. The van der Waals surface area contributed by atoms with Crippen molar-refractivity contribution in [2.24, 2.45) is 5.92 Å². The van der Waals surface area contributed by atoms with Crippen molar-refractivity contribution in [2.45, 2.75) is 44.8 Å². The van der Waals surface area contributed by atoms with Crippen molar-refractivity contribution in [1.82, 2.24) is 0 Å². The predicted octanol–water partition coefficient (Wildman–Crippen LogP) is 3.10. The van der Waals surface area contributed by atoms with Crippen LogP contribution in [0.1, 0.15) is 43.4 Å². The van der Waals surface area contributed by atoms with E-state index in [0.29, 0.717) is 5.92 Å². The molecule has 1 N–H and O–H groups in total. The van der Waals surface area contributed by atoms with Crippen LogP contribution in [0.4, 0.5) is 0 Å². The summed E-state index contributed by atoms with van der Waals surface area (Å²) in [5, 5.41) is 10.5. The van der Waals surface area contributed by atoms with Crippen molar-refractivity contribution in [2.75, 3.05) is 7.11 Å². The topological polar surface area (TPSA) is 29.5 Å². The van der Waals surface area contributed by atoms with Crippen LogP contribution in [0.3, 0.4) is 0 Å². The average Bonchev–Trinajstić information content (AvgIpc) is 2.51. The maximum absolute atomic E-state index is 10.5. The number of ether oxygens (including phenoxy) is 1. The quantitative estimate of drug-likeness (QED) is 0.814. The Hall–Kier alpha value is -0.860. The van der Waals surface area contributed by atoms with E-state index < -0.39 is 0 Å². The monoisotopic (exact) mass is 234 g/mol. The molecule has 0 amide bonds. The summed E-state index contributed by atoms with van der Waals surface area (Å²) in [7, 11) is 1.74. The fourth-order valence-electron chi connectivity index (χ4n) is 2.79. The first-order chi connectivity index (χ1) is 8.22. The number of aliphatic hydroxyl groups is 1. The molecule has 2 rings (SSSR count). The molecule has 0 spiro atoms. The van der Waals surface area contributed by atoms with Gasteiger partial charge in [0.05, 0.1) is 12.2 Å². The standard InChI is InChI=1S/C15H22O2/c1-11(17-2)10-13-8-5-7-12-6-3-4-9-14(12)15(13)16/h3-4,6,9,11,13,15-16H,5,7-8,10H2,1-2H3. The number of fused-ring (bicyclic) bond motifs is 1. The van der Waals surface area contributed by atoms with Crippen molar-refractivity contribution in [3.05, 3.63) is 35.4 Å². The van der Waals surface area contributed by atoms with Gasteiger partial charge in [-0.2, -0.15) is 0 Å². The van der Waals surface area contributed by atoms with E-state index >= 15 is 0 Å². The normalized spacial score (nSPS) is 26.1. The van der Waals surface area contributed by atoms with Gasteiger partial charge in [-0.05, 0) is 49.7 Å².